The number of ether oxygens (including phenoxy) is 1. The number of rotatable bonds is 3. The molecule has 1 aromatic carbocycles. The van der Waals surface area contributed by atoms with Gasteiger partial charge in [-0.15, -0.1) is 0 Å². The number of hydrogen-bond donors (Lipinski definition) is 2. The Morgan fingerprint density at radius 2 is 2.08 bits per heavy atom. The first-order chi connectivity index (χ1) is 12.8. The molecule has 0 bridgehead atoms. The Bertz CT molecular complexity index is 981. The lowest BCUT2D eigenvalue weighted by Gasteiger charge is -2.33. The number of H-pyrrole nitrogens is 1. The lowest BCUT2D eigenvalue weighted by Crippen LogP contribution is -2.39. The van der Waals surface area contributed by atoms with Gasteiger partial charge in [-0.1, -0.05) is 18.2 Å². The van der Waals surface area contributed by atoms with Crippen LogP contribution in [0.4, 0.5) is 5.95 Å². The van der Waals surface area contributed by atoms with Crippen molar-refractivity contribution in [1.82, 2.24) is 19.7 Å². The summed E-state index contributed by atoms with van der Waals surface area (Å²) in [5, 5.41) is 8.31. The monoisotopic (exact) mass is 351 g/mol. The number of hydrogen-bond acceptors (Lipinski definition) is 5. The maximum absolute atomic E-state index is 12.5. The van der Waals surface area contributed by atoms with E-state index >= 15 is 0 Å². The van der Waals surface area contributed by atoms with Crippen LogP contribution < -0.4 is 10.9 Å². The Hall–Kier alpha value is -2.67. The molecule has 2 N–H and O–H groups in total. The van der Waals surface area contributed by atoms with E-state index in [0.717, 1.165) is 38.0 Å². The zero-order valence-electron chi connectivity index (χ0n) is 14.4. The molecule has 2 aliphatic rings. The van der Waals surface area contributed by atoms with Gasteiger partial charge in [-0.25, -0.2) is 4.68 Å². The molecule has 2 aromatic heterocycles. The number of nitrogens with one attached hydrogen (secondary N) is 2. The highest BCUT2D eigenvalue weighted by molar-refractivity contribution is 5.76. The van der Waals surface area contributed by atoms with Crippen molar-refractivity contribution in [3.63, 3.8) is 0 Å². The van der Waals surface area contributed by atoms with Gasteiger partial charge in [-0.3, -0.25) is 9.78 Å². The van der Waals surface area contributed by atoms with Gasteiger partial charge in [0.2, 0.25) is 5.95 Å². The Morgan fingerprint density at radius 1 is 1.19 bits per heavy atom. The van der Waals surface area contributed by atoms with E-state index in [4.69, 9.17) is 4.74 Å². The average Bonchev–Trinajstić information content (AvgIpc) is 3.30. The summed E-state index contributed by atoms with van der Waals surface area (Å²) in [6, 6.07) is 10.0. The van der Waals surface area contributed by atoms with Crippen LogP contribution in [0.25, 0.3) is 16.7 Å². The molecule has 2 fully saturated rings. The van der Waals surface area contributed by atoms with Crippen LogP contribution in [0.2, 0.25) is 0 Å². The number of benzene rings is 1. The van der Waals surface area contributed by atoms with E-state index in [9.17, 15) is 4.79 Å². The van der Waals surface area contributed by atoms with Crippen LogP contribution in [0.15, 0.2) is 41.3 Å². The topological polar surface area (TPSA) is 84.8 Å². The summed E-state index contributed by atoms with van der Waals surface area (Å²) < 4.78 is 7.54. The van der Waals surface area contributed by atoms with E-state index in [1.807, 2.05) is 30.3 Å². The highest BCUT2D eigenvalue weighted by atomic mass is 16.5. The Labute approximate surface area is 150 Å². The molecule has 26 heavy (non-hydrogen) atoms. The van der Waals surface area contributed by atoms with E-state index in [2.05, 4.69) is 20.4 Å². The van der Waals surface area contributed by atoms with Crippen LogP contribution in [-0.4, -0.2) is 38.5 Å². The summed E-state index contributed by atoms with van der Waals surface area (Å²) >= 11 is 0. The molecule has 3 aromatic rings. The van der Waals surface area contributed by atoms with Crippen molar-refractivity contribution < 1.29 is 4.74 Å². The molecule has 3 heterocycles. The molecule has 1 saturated carbocycles. The molecule has 0 spiro atoms. The minimum Gasteiger partial charge on any atom is -0.378 e. The van der Waals surface area contributed by atoms with Crippen molar-refractivity contribution in [2.45, 2.75) is 37.8 Å². The van der Waals surface area contributed by atoms with Gasteiger partial charge >= 0.3 is 0 Å². The van der Waals surface area contributed by atoms with Crippen molar-refractivity contribution in [3.05, 3.63) is 46.9 Å². The fourth-order valence-electron chi connectivity index (χ4n) is 4.28. The first kappa shape index (κ1) is 15.6. The van der Waals surface area contributed by atoms with Gasteiger partial charge in [0.15, 0.2) is 5.65 Å². The number of aromatic amines is 1. The zero-order chi connectivity index (χ0) is 17.5. The average molecular weight is 351 g/mol. The maximum atomic E-state index is 12.5. The Morgan fingerprint density at radius 3 is 2.96 bits per heavy atom. The van der Waals surface area contributed by atoms with Gasteiger partial charge in [0.05, 0.1) is 18.0 Å². The third-order valence-corrected chi connectivity index (χ3v) is 5.54. The second kappa shape index (κ2) is 6.25. The fraction of sp³-hybridized carbons (Fsp3) is 0.421. The SMILES string of the molecule is O=c1[nH]c(NC2CCCC3OCCC23)nc2c1cnn2-c1ccccc1. The van der Waals surface area contributed by atoms with Crippen LogP contribution in [0.5, 0.6) is 0 Å². The Balaban J connectivity index is 1.51. The standard InChI is InChI=1S/C19H21N5O2/c25-18-14-11-20-24(12-5-2-1-3-6-12)17(14)22-19(23-18)21-15-7-4-8-16-13(15)9-10-26-16/h1-3,5-6,11,13,15-16H,4,7-10H2,(H2,21,22,23,25). The van der Waals surface area contributed by atoms with E-state index in [1.54, 1.807) is 10.9 Å². The third-order valence-electron chi connectivity index (χ3n) is 5.54. The molecular weight excluding hydrogens is 330 g/mol. The van der Waals surface area contributed by atoms with E-state index < -0.39 is 0 Å². The van der Waals surface area contributed by atoms with Crippen LogP contribution in [0, 0.1) is 5.92 Å². The molecule has 0 amide bonds. The van der Waals surface area contributed by atoms with Gasteiger partial charge in [-0.2, -0.15) is 10.1 Å². The zero-order valence-corrected chi connectivity index (χ0v) is 14.4. The van der Waals surface area contributed by atoms with Crippen LogP contribution in [0.3, 0.4) is 0 Å². The molecule has 3 unspecified atom stereocenters. The summed E-state index contributed by atoms with van der Waals surface area (Å²) in [5.74, 6) is 1.00. The third kappa shape index (κ3) is 2.59. The molecular formula is C19H21N5O2. The van der Waals surface area contributed by atoms with Crippen LogP contribution in [0.1, 0.15) is 25.7 Å². The van der Waals surface area contributed by atoms with E-state index in [1.165, 1.54) is 0 Å². The van der Waals surface area contributed by atoms with Gasteiger partial charge < -0.3 is 10.1 Å². The van der Waals surface area contributed by atoms with Crippen molar-refractivity contribution in [2.75, 3.05) is 11.9 Å². The largest absolute Gasteiger partial charge is 0.378 e. The first-order valence-corrected chi connectivity index (χ1v) is 9.21. The van der Waals surface area contributed by atoms with Crippen molar-refractivity contribution in [1.29, 1.82) is 0 Å². The summed E-state index contributed by atoms with van der Waals surface area (Å²) in [6.07, 6.45) is 6.31. The van der Waals surface area contributed by atoms with Gasteiger partial charge in [0, 0.05) is 18.6 Å². The minimum atomic E-state index is -0.172. The molecule has 134 valence electrons. The molecule has 1 aliphatic heterocycles. The minimum absolute atomic E-state index is 0.172. The highest BCUT2D eigenvalue weighted by Gasteiger charge is 2.37. The van der Waals surface area contributed by atoms with E-state index in [0.29, 0.717) is 29.0 Å². The van der Waals surface area contributed by atoms with Gasteiger partial charge in [0.25, 0.3) is 5.56 Å². The molecule has 7 heteroatoms. The smallest absolute Gasteiger partial charge is 0.263 e. The number of anilines is 1. The number of para-hydroxylation sites is 1. The van der Waals surface area contributed by atoms with Gasteiger partial charge in [-0.05, 0) is 37.8 Å². The molecule has 5 rings (SSSR count). The lowest BCUT2D eigenvalue weighted by atomic mass is 9.82. The predicted molar refractivity (Wildman–Crippen MR) is 98.6 cm³/mol. The summed E-state index contributed by atoms with van der Waals surface area (Å²) in [5.41, 5.74) is 1.28. The normalized spacial score (nSPS) is 25.3. The molecule has 3 atom stereocenters. The Kier molecular flexibility index (Phi) is 3.74. The molecule has 0 radical (unpaired) electrons. The first-order valence-electron chi connectivity index (χ1n) is 9.21. The molecule has 7 nitrogen and oxygen atoms in total. The van der Waals surface area contributed by atoms with Crippen LogP contribution >= 0.6 is 0 Å². The van der Waals surface area contributed by atoms with Crippen molar-refractivity contribution in [2.24, 2.45) is 5.92 Å². The quantitative estimate of drug-likeness (QED) is 0.757. The molecule has 1 saturated heterocycles. The van der Waals surface area contributed by atoms with Crippen LogP contribution in [-0.2, 0) is 4.74 Å². The molecule has 1 aliphatic carbocycles. The maximum Gasteiger partial charge on any atom is 0.263 e. The number of aromatic nitrogens is 4. The summed E-state index contributed by atoms with van der Waals surface area (Å²) in [7, 11) is 0. The summed E-state index contributed by atoms with van der Waals surface area (Å²) in [4.78, 5) is 20.0. The van der Waals surface area contributed by atoms with Crippen molar-refractivity contribution in [3.8, 4) is 5.69 Å². The lowest BCUT2D eigenvalue weighted by molar-refractivity contribution is 0.0619. The second-order valence-electron chi connectivity index (χ2n) is 7.09. The highest BCUT2D eigenvalue weighted by Crippen LogP contribution is 2.35. The second-order valence-corrected chi connectivity index (χ2v) is 7.09. The predicted octanol–water partition coefficient (Wildman–Crippen LogP) is 2.48. The van der Waals surface area contributed by atoms with E-state index in [-0.39, 0.29) is 11.6 Å². The number of fused-ring (bicyclic) bond motifs is 2. The fourth-order valence-corrected chi connectivity index (χ4v) is 4.28. The summed E-state index contributed by atoms with van der Waals surface area (Å²) in [6.45, 7) is 0.831. The number of nitrogens with zero attached hydrogens (tertiary/aromatic N) is 3. The van der Waals surface area contributed by atoms with Crippen molar-refractivity contribution >= 4 is 17.0 Å². The van der Waals surface area contributed by atoms with Gasteiger partial charge in [0.1, 0.15) is 5.39 Å².